The zero-order valence-corrected chi connectivity index (χ0v) is 12.2. The third kappa shape index (κ3) is 12.2. The van der Waals surface area contributed by atoms with Crippen molar-refractivity contribution in [1.29, 1.82) is 0 Å². The van der Waals surface area contributed by atoms with Gasteiger partial charge in [0.25, 0.3) is 0 Å². The summed E-state index contributed by atoms with van der Waals surface area (Å²) in [7, 11) is -1.73. The molecule has 1 nitrogen and oxygen atoms in total. The fraction of sp³-hybridized carbons (Fsp3) is 1.00. The second-order valence-electron chi connectivity index (χ2n) is 4.03. The Morgan fingerprint density at radius 3 is 1.30 bits per heavy atom. The van der Waals surface area contributed by atoms with Crippen LogP contribution in [0.25, 0.3) is 4.39 Å². The quantitative estimate of drug-likeness (QED) is 0.532. The molecular formula is C6H18NNaSSi. The Morgan fingerprint density at radius 1 is 1.00 bits per heavy atom. The molecule has 0 amide bonds. The van der Waals surface area contributed by atoms with Crippen molar-refractivity contribution in [1.82, 2.24) is 0 Å². The Morgan fingerprint density at radius 2 is 1.30 bits per heavy atom. The van der Waals surface area contributed by atoms with Gasteiger partial charge in [-0.2, -0.15) is 0 Å². The van der Waals surface area contributed by atoms with Gasteiger partial charge in [-0.25, -0.2) is 0 Å². The maximum atomic E-state index is 4.76. The van der Waals surface area contributed by atoms with Gasteiger partial charge in [0.2, 0.25) is 0 Å². The molecule has 0 radical (unpaired) electrons. The number of hydrogen-bond donors (Lipinski definition) is 0. The van der Waals surface area contributed by atoms with Crippen LogP contribution < -0.4 is 29.6 Å². The molecule has 0 aliphatic rings. The van der Waals surface area contributed by atoms with Crippen LogP contribution in [0.3, 0.4) is 0 Å². The van der Waals surface area contributed by atoms with E-state index in [2.05, 4.69) is 38.4 Å². The first-order valence-electron chi connectivity index (χ1n) is 3.13. The molecule has 4 heteroatoms. The van der Waals surface area contributed by atoms with Crippen molar-refractivity contribution < 1.29 is 29.6 Å². The van der Waals surface area contributed by atoms with Crippen LogP contribution in [-0.4, -0.2) is 27.0 Å². The molecule has 10 heavy (non-hydrogen) atoms. The van der Waals surface area contributed by atoms with Crippen LogP contribution in [0.4, 0.5) is 0 Å². The molecule has 0 saturated carbocycles. The molecule has 0 N–H and O–H groups in total. The molecule has 0 aromatic carbocycles. The summed E-state index contributed by atoms with van der Waals surface area (Å²) in [5.74, 6) is 0. The fourth-order valence-electron chi connectivity index (χ4n) is 0.822. The minimum absolute atomic E-state index is 0. The van der Waals surface area contributed by atoms with Gasteiger partial charge in [0.15, 0.2) is 0 Å². The van der Waals surface area contributed by atoms with Crippen molar-refractivity contribution in [3.8, 4) is 0 Å². The van der Waals surface area contributed by atoms with Gasteiger partial charge < -0.3 is 14.6 Å². The molecule has 0 aliphatic carbocycles. The normalized spacial score (nSPS) is 14.2. The molecule has 0 aliphatic heterocycles. The molecule has 0 spiro atoms. The molecule has 0 unspecified atom stereocenters. The maximum absolute atomic E-state index is 4.76. The molecule has 58 valence electrons. The summed E-state index contributed by atoms with van der Waals surface area (Å²) in [5.41, 5.74) is 0. The monoisotopic (exact) mass is 187 g/mol. The van der Waals surface area contributed by atoms with Gasteiger partial charge in [0.05, 0.1) is 0 Å². The summed E-state index contributed by atoms with van der Waals surface area (Å²) >= 11 is 0. The van der Waals surface area contributed by atoms with E-state index in [1.807, 2.05) is 0 Å². The number of nitrogens with zero attached hydrogens (tertiary/aromatic N) is 1. The zero-order chi connectivity index (χ0) is 7.71. The van der Waals surface area contributed by atoms with Gasteiger partial charge >= 0.3 is 29.6 Å². The fourth-order valence-corrected chi connectivity index (χ4v) is 7.39. The predicted molar refractivity (Wildman–Crippen MR) is 52.1 cm³/mol. The first-order chi connectivity index (χ1) is 3.71. The van der Waals surface area contributed by atoms with Crippen molar-refractivity contribution in [3.05, 3.63) is 4.39 Å². The summed E-state index contributed by atoms with van der Waals surface area (Å²) in [4.78, 5) is 0. The van der Waals surface area contributed by atoms with Gasteiger partial charge in [-0.3, -0.25) is 0 Å². The standard InChI is InChI=1S/C6H18NSSi.Na/c1-8(2,3)7-9(4,5)6;/h1-6H3;/q-1;+1. The van der Waals surface area contributed by atoms with Gasteiger partial charge in [0, 0.05) is 0 Å². The summed E-state index contributed by atoms with van der Waals surface area (Å²) in [6.07, 6.45) is 6.72. The maximum Gasteiger partial charge on any atom is 1.00 e. The molecule has 0 saturated heterocycles. The van der Waals surface area contributed by atoms with Gasteiger partial charge in [-0.1, -0.05) is 46.6 Å². The number of hydrogen-bond acceptors (Lipinski definition) is 0. The predicted octanol–water partition coefficient (Wildman–Crippen LogP) is -0.192. The van der Waals surface area contributed by atoms with Crippen LogP contribution in [0, 0.1) is 0 Å². The summed E-state index contributed by atoms with van der Waals surface area (Å²) in [6, 6.07) is 0. The van der Waals surface area contributed by atoms with Crippen molar-refractivity contribution in [2.45, 2.75) is 19.6 Å². The Hall–Kier alpha value is 1.53. The van der Waals surface area contributed by atoms with Crippen LogP contribution in [0.5, 0.6) is 0 Å². The van der Waals surface area contributed by atoms with Crippen molar-refractivity contribution >= 4 is 18.4 Å². The number of rotatable bonds is 2. The van der Waals surface area contributed by atoms with Crippen molar-refractivity contribution in [2.75, 3.05) is 18.8 Å². The second-order valence-corrected chi connectivity index (χ2v) is 12.7. The van der Waals surface area contributed by atoms with Gasteiger partial charge in [-0.05, 0) is 0 Å². The Bertz CT molecular complexity index is 82.9. The van der Waals surface area contributed by atoms with Crippen LogP contribution >= 0.6 is 10.2 Å². The molecule has 0 heterocycles. The van der Waals surface area contributed by atoms with E-state index in [0.29, 0.717) is 0 Å². The van der Waals surface area contributed by atoms with Crippen LogP contribution in [-0.2, 0) is 0 Å². The third-order valence-corrected chi connectivity index (χ3v) is 4.93. The Labute approximate surface area is 90.2 Å². The molecule has 0 fully saturated rings. The average molecular weight is 187 g/mol. The van der Waals surface area contributed by atoms with E-state index in [1.165, 1.54) is 0 Å². The zero-order valence-electron chi connectivity index (χ0n) is 8.36. The van der Waals surface area contributed by atoms with Gasteiger partial charge in [0.1, 0.15) is 0 Å². The first kappa shape index (κ1) is 14.1. The van der Waals surface area contributed by atoms with E-state index < -0.39 is 18.4 Å². The van der Waals surface area contributed by atoms with E-state index in [9.17, 15) is 0 Å². The topological polar surface area (TPSA) is 14.1 Å². The van der Waals surface area contributed by atoms with Gasteiger partial charge in [-0.15, -0.1) is 0 Å². The van der Waals surface area contributed by atoms with E-state index in [-0.39, 0.29) is 29.6 Å². The van der Waals surface area contributed by atoms with Crippen LogP contribution in [0.15, 0.2) is 0 Å². The van der Waals surface area contributed by atoms with Crippen LogP contribution in [0.2, 0.25) is 19.6 Å². The molecule has 0 rings (SSSR count). The van der Waals surface area contributed by atoms with Crippen molar-refractivity contribution in [3.63, 3.8) is 0 Å². The largest absolute Gasteiger partial charge is 1.00 e. The minimum atomic E-state index is -1.13. The summed E-state index contributed by atoms with van der Waals surface area (Å²) in [6.45, 7) is 6.85. The van der Waals surface area contributed by atoms with Crippen LogP contribution in [0.1, 0.15) is 0 Å². The molecule has 0 atom stereocenters. The van der Waals surface area contributed by atoms with E-state index in [4.69, 9.17) is 4.39 Å². The third-order valence-electron chi connectivity index (χ3n) is 0.548. The van der Waals surface area contributed by atoms with Crippen molar-refractivity contribution in [2.24, 2.45) is 0 Å². The SMILES string of the molecule is C[Si](C)(C)[N-]S(C)(C)C.[Na+]. The first-order valence-corrected chi connectivity index (χ1v) is 9.39. The summed E-state index contributed by atoms with van der Waals surface area (Å²) in [5, 5.41) is 0. The molecular weight excluding hydrogens is 169 g/mol. The van der Waals surface area contributed by atoms with E-state index in [1.54, 1.807) is 0 Å². The molecule has 0 bridgehead atoms. The Balaban J connectivity index is 0. The van der Waals surface area contributed by atoms with E-state index in [0.717, 1.165) is 0 Å². The minimum Gasteiger partial charge on any atom is -0.623 e. The smallest absolute Gasteiger partial charge is 0.623 e. The average Bonchev–Trinajstić information content (AvgIpc) is 1.14. The second kappa shape index (κ2) is 4.53. The molecule has 0 aromatic rings. The van der Waals surface area contributed by atoms with E-state index >= 15 is 0 Å². The molecule has 0 aromatic heterocycles. The summed E-state index contributed by atoms with van der Waals surface area (Å²) < 4.78 is 4.76. The Kier molecular flexibility index (Phi) is 6.37.